The van der Waals surface area contributed by atoms with E-state index in [1.165, 1.54) is 0 Å². The molecule has 2 rings (SSSR count). The lowest BCUT2D eigenvalue weighted by molar-refractivity contribution is -0.122. The molecule has 0 heterocycles. The molecule has 0 bridgehead atoms. The average Bonchev–Trinajstić information content (AvgIpc) is 3.17. The highest BCUT2D eigenvalue weighted by atomic mass is 35.5. The monoisotopic (exact) mass is 314 g/mol. The molecule has 0 spiro atoms. The Hall–Kier alpha value is -0.770. The number of hydrogen-bond donors (Lipinski definition) is 2. The second-order valence-electron chi connectivity index (χ2n) is 5.19. The molecule has 2 atom stereocenters. The Morgan fingerprint density at radius 1 is 1.20 bits per heavy atom. The number of halogens is 2. The van der Waals surface area contributed by atoms with Crippen LogP contribution in [0.4, 0.5) is 0 Å². The SMILES string of the molecule is CCCNCCNC(=O)C1CC1c1cc(Cl)cc(Cl)c1. The Morgan fingerprint density at radius 2 is 1.90 bits per heavy atom. The van der Waals surface area contributed by atoms with E-state index in [1.54, 1.807) is 6.07 Å². The summed E-state index contributed by atoms with van der Waals surface area (Å²) in [5.41, 5.74) is 1.06. The fourth-order valence-electron chi connectivity index (χ4n) is 2.35. The van der Waals surface area contributed by atoms with Crippen molar-refractivity contribution >= 4 is 29.1 Å². The van der Waals surface area contributed by atoms with Crippen LogP contribution in [-0.2, 0) is 4.79 Å². The first-order chi connectivity index (χ1) is 9.61. The Bertz CT molecular complexity index is 459. The fraction of sp³-hybridized carbons (Fsp3) is 0.533. The minimum absolute atomic E-state index is 0.0655. The summed E-state index contributed by atoms with van der Waals surface area (Å²) in [5.74, 6) is 0.454. The molecule has 3 nitrogen and oxygen atoms in total. The predicted octanol–water partition coefficient (Wildman–Crippen LogP) is 3.21. The summed E-state index contributed by atoms with van der Waals surface area (Å²) in [7, 11) is 0. The number of hydrogen-bond acceptors (Lipinski definition) is 2. The van der Waals surface area contributed by atoms with Crippen molar-refractivity contribution in [2.24, 2.45) is 5.92 Å². The molecule has 20 heavy (non-hydrogen) atoms. The molecule has 0 aliphatic heterocycles. The summed E-state index contributed by atoms with van der Waals surface area (Å²) in [6.45, 7) is 4.61. The van der Waals surface area contributed by atoms with Gasteiger partial charge in [-0.3, -0.25) is 4.79 Å². The Balaban J connectivity index is 1.77. The molecule has 1 aliphatic carbocycles. The Kier molecular flexibility index (Phi) is 5.70. The molecule has 1 saturated carbocycles. The van der Waals surface area contributed by atoms with E-state index in [9.17, 15) is 4.79 Å². The van der Waals surface area contributed by atoms with Crippen molar-refractivity contribution in [2.45, 2.75) is 25.7 Å². The molecular weight excluding hydrogens is 295 g/mol. The highest BCUT2D eigenvalue weighted by Gasteiger charge is 2.43. The molecule has 0 saturated heterocycles. The van der Waals surface area contributed by atoms with Gasteiger partial charge in [-0.25, -0.2) is 0 Å². The van der Waals surface area contributed by atoms with E-state index in [1.807, 2.05) is 12.1 Å². The zero-order chi connectivity index (χ0) is 14.5. The molecule has 1 fully saturated rings. The van der Waals surface area contributed by atoms with Gasteiger partial charge < -0.3 is 10.6 Å². The van der Waals surface area contributed by atoms with Crippen LogP contribution in [0.25, 0.3) is 0 Å². The maximum absolute atomic E-state index is 12.0. The summed E-state index contributed by atoms with van der Waals surface area (Å²) in [4.78, 5) is 12.0. The quantitative estimate of drug-likeness (QED) is 0.759. The van der Waals surface area contributed by atoms with Crippen LogP contribution in [0.5, 0.6) is 0 Å². The minimum Gasteiger partial charge on any atom is -0.355 e. The lowest BCUT2D eigenvalue weighted by Crippen LogP contribution is -2.33. The van der Waals surface area contributed by atoms with Crippen molar-refractivity contribution < 1.29 is 4.79 Å². The molecular formula is C15H20Cl2N2O. The molecule has 1 aromatic carbocycles. The van der Waals surface area contributed by atoms with Gasteiger partial charge in [-0.2, -0.15) is 0 Å². The number of carbonyl (C=O) groups excluding carboxylic acids is 1. The summed E-state index contributed by atoms with van der Waals surface area (Å²) < 4.78 is 0. The van der Waals surface area contributed by atoms with E-state index in [0.717, 1.165) is 31.5 Å². The number of benzene rings is 1. The average molecular weight is 315 g/mol. The largest absolute Gasteiger partial charge is 0.355 e. The van der Waals surface area contributed by atoms with Crippen LogP contribution in [-0.4, -0.2) is 25.5 Å². The summed E-state index contributed by atoms with van der Waals surface area (Å²) in [6.07, 6.45) is 1.99. The molecule has 2 unspecified atom stereocenters. The third-order valence-corrected chi connectivity index (χ3v) is 3.90. The van der Waals surface area contributed by atoms with E-state index in [2.05, 4.69) is 17.6 Å². The van der Waals surface area contributed by atoms with Crippen molar-refractivity contribution in [3.8, 4) is 0 Å². The molecule has 1 aromatic rings. The first kappa shape index (κ1) is 15.6. The summed E-state index contributed by atoms with van der Waals surface area (Å²) in [6, 6.07) is 5.51. The van der Waals surface area contributed by atoms with Crippen molar-refractivity contribution in [2.75, 3.05) is 19.6 Å². The molecule has 0 radical (unpaired) electrons. The summed E-state index contributed by atoms with van der Waals surface area (Å²) >= 11 is 12.0. The van der Waals surface area contributed by atoms with Crippen LogP contribution in [0.2, 0.25) is 10.0 Å². The maximum atomic E-state index is 12.0. The number of carbonyl (C=O) groups is 1. The van der Waals surface area contributed by atoms with Gasteiger partial charge in [0.15, 0.2) is 0 Å². The Morgan fingerprint density at radius 3 is 2.55 bits per heavy atom. The van der Waals surface area contributed by atoms with Gasteiger partial charge >= 0.3 is 0 Å². The van der Waals surface area contributed by atoms with Gasteiger partial charge in [-0.05, 0) is 49.1 Å². The molecule has 110 valence electrons. The second kappa shape index (κ2) is 7.30. The zero-order valence-corrected chi connectivity index (χ0v) is 13.1. The molecule has 2 N–H and O–H groups in total. The molecule has 0 aromatic heterocycles. The smallest absolute Gasteiger partial charge is 0.223 e. The maximum Gasteiger partial charge on any atom is 0.223 e. The van der Waals surface area contributed by atoms with E-state index in [-0.39, 0.29) is 17.7 Å². The fourth-order valence-corrected chi connectivity index (χ4v) is 2.89. The van der Waals surface area contributed by atoms with Crippen LogP contribution in [0, 0.1) is 5.92 Å². The lowest BCUT2D eigenvalue weighted by Gasteiger charge is -2.06. The first-order valence-electron chi connectivity index (χ1n) is 7.06. The topological polar surface area (TPSA) is 41.1 Å². The summed E-state index contributed by atoms with van der Waals surface area (Å²) in [5, 5.41) is 7.48. The van der Waals surface area contributed by atoms with Crippen molar-refractivity contribution in [1.82, 2.24) is 10.6 Å². The molecule has 5 heteroatoms. The van der Waals surface area contributed by atoms with Crippen molar-refractivity contribution in [3.05, 3.63) is 33.8 Å². The highest BCUT2D eigenvalue weighted by molar-refractivity contribution is 6.34. The highest BCUT2D eigenvalue weighted by Crippen LogP contribution is 2.48. The third-order valence-electron chi connectivity index (χ3n) is 3.47. The van der Waals surface area contributed by atoms with Gasteiger partial charge in [0, 0.05) is 29.1 Å². The first-order valence-corrected chi connectivity index (χ1v) is 7.82. The van der Waals surface area contributed by atoms with Gasteiger partial charge in [-0.1, -0.05) is 30.1 Å². The van der Waals surface area contributed by atoms with E-state index in [0.29, 0.717) is 16.6 Å². The van der Waals surface area contributed by atoms with E-state index >= 15 is 0 Å². The Labute approximate surface area is 130 Å². The number of nitrogens with one attached hydrogen (secondary N) is 2. The van der Waals surface area contributed by atoms with Gasteiger partial charge in [-0.15, -0.1) is 0 Å². The standard InChI is InChI=1S/C15H20Cl2N2O/c1-2-3-18-4-5-19-15(20)14-9-13(14)10-6-11(16)8-12(17)7-10/h6-8,13-14,18H,2-5,9H2,1H3,(H,19,20). The zero-order valence-electron chi connectivity index (χ0n) is 11.6. The minimum atomic E-state index is 0.0655. The van der Waals surface area contributed by atoms with Crippen LogP contribution < -0.4 is 10.6 Å². The van der Waals surface area contributed by atoms with E-state index < -0.39 is 0 Å². The predicted molar refractivity (Wildman–Crippen MR) is 83.5 cm³/mol. The van der Waals surface area contributed by atoms with Crippen LogP contribution in [0.1, 0.15) is 31.2 Å². The van der Waals surface area contributed by atoms with Crippen molar-refractivity contribution in [1.29, 1.82) is 0 Å². The molecule has 1 amide bonds. The second-order valence-corrected chi connectivity index (χ2v) is 6.07. The lowest BCUT2D eigenvalue weighted by atomic mass is 10.1. The molecule has 1 aliphatic rings. The van der Waals surface area contributed by atoms with E-state index in [4.69, 9.17) is 23.2 Å². The van der Waals surface area contributed by atoms with Gasteiger partial charge in [0.05, 0.1) is 0 Å². The number of amides is 1. The number of rotatable bonds is 7. The van der Waals surface area contributed by atoms with Gasteiger partial charge in [0.1, 0.15) is 0 Å². The van der Waals surface area contributed by atoms with Crippen LogP contribution in [0.15, 0.2) is 18.2 Å². The van der Waals surface area contributed by atoms with Crippen LogP contribution in [0.3, 0.4) is 0 Å². The van der Waals surface area contributed by atoms with Gasteiger partial charge in [0.25, 0.3) is 0 Å². The third kappa shape index (κ3) is 4.37. The van der Waals surface area contributed by atoms with Crippen LogP contribution >= 0.6 is 23.2 Å². The van der Waals surface area contributed by atoms with Crippen molar-refractivity contribution in [3.63, 3.8) is 0 Å². The normalized spacial score (nSPS) is 20.8. The van der Waals surface area contributed by atoms with Gasteiger partial charge in [0.2, 0.25) is 5.91 Å².